The zero-order valence-electron chi connectivity index (χ0n) is 11.1. The SMILES string of the molecule is CCCC(CC)NCc1ccnc(C(N)=NO)c1. The number of rotatable bonds is 7. The molecule has 1 aromatic heterocycles. The number of pyridine rings is 1. The largest absolute Gasteiger partial charge is 0.409 e. The van der Waals surface area contributed by atoms with Gasteiger partial charge < -0.3 is 16.3 Å². The average molecular weight is 250 g/mol. The number of aromatic nitrogens is 1. The molecule has 0 aliphatic carbocycles. The molecule has 1 rings (SSSR count). The van der Waals surface area contributed by atoms with Crippen LogP contribution < -0.4 is 11.1 Å². The molecular weight excluding hydrogens is 228 g/mol. The normalized spacial score (nSPS) is 13.6. The third kappa shape index (κ3) is 4.33. The molecule has 0 aliphatic heterocycles. The Balaban J connectivity index is 2.62. The van der Waals surface area contributed by atoms with Crippen molar-refractivity contribution in [2.24, 2.45) is 10.9 Å². The third-order valence-corrected chi connectivity index (χ3v) is 2.92. The molecule has 0 aromatic carbocycles. The van der Waals surface area contributed by atoms with Gasteiger partial charge in [-0.25, -0.2) is 0 Å². The molecule has 0 spiro atoms. The van der Waals surface area contributed by atoms with Crippen molar-refractivity contribution in [3.8, 4) is 0 Å². The van der Waals surface area contributed by atoms with Crippen molar-refractivity contribution in [1.82, 2.24) is 10.3 Å². The van der Waals surface area contributed by atoms with Crippen molar-refractivity contribution in [2.45, 2.75) is 45.7 Å². The Morgan fingerprint density at radius 1 is 1.56 bits per heavy atom. The van der Waals surface area contributed by atoms with E-state index in [1.165, 1.54) is 12.8 Å². The van der Waals surface area contributed by atoms with E-state index in [9.17, 15) is 0 Å². The van der Waals surface area contributed by atoms with Crippen LogP contribution in [0.3, 0.4) is 0 Å². The van der Waals surface area contributed by atoms with Crippen LogP contribution in [0.2, 0.25) is 0 Å². The van der Waals surface area contributed by atoms with Crippen molar-refractivity contribution in [3.05, 3.63) is 29.6 Å². The summed E-state index contributed by atoms with van der Waals surface area (Å²) in [6.07, 6.45) is 5.14. The second-order valence-corrected chi connectivity index (χ2v) is 4.31. The molecule has 5 nitrogen and oxygen atoms in total. The van der Waals surface area contributed by atoms with Crippen molar-refractivity contribution >= 4 is 5.84 Å². The van der Waals surface area contributed by atoms with Crippen LogP contribution in [-0.2, 0) is 6.54 Å². The zero-order chi connectivity index (χ0) is 13.4. The van der Waals surface area contributed by atoms with E-state index in [0.29, 0.717) is 11.7 Å². The van der Waals surface area contributed by atoms with Gasteiger partial charge in [0.2, 0.25) is 0 Å². The van der Waals surface area contributed by atoms with E-state index in [1.54, 1.807) is 6.20 Å². The lowest BCUT2D eigenvalue weighted by Gasteiger charge is -2.16. The van der Waals surface area contributed by atoms with Gasteiger partial charge in [0.05, 0.1) is 0 Å². The molecule has 18 heavy (non-hydrogen) atoms. The second-order valence-electron chi connectivity index (χ2n) is 4.31. The predicted molar refractivity (Wildman–Crippen MR) is 72.6 cm³/mol. The van der Waals surface area contributed by atoms with Crippen molar-refractivity contribution in [1.29, 1.82) is 0 Å². The van der Waals surface area contributed by atoms with Gasteiger partial charge in [-0.15, -0.1) is 0 Å². The van der Waals surface area contributed by atoms with Gasteiger partial charge in [-0.1, -0.05) is 25.4 Å². The van der Waals surface area contributed by atoms with E-state index >= 15 is 0 Å². The fourth-order valence-corrected chi connectivity index (χ4v) is 1.84. The fraction of sp³-hybridized carbons (Fsp3) is 0.538. The smallest absolute Gasteiger partial charge is 0.188 e. The van der Waals surface area contributed by atoms with Crippen LogP contribution in [0.4, 0.5) is 0 Å². The number of oxime groups is 1. The molecule has 0 saturated carbocycles. The van der Waals surface area contributed by atoms with Gasteiger partial charge in [0.25, 0.3) is 0 Å². The van der Waals surface area contributed by atoms with Gasteiger partial charge in [0.1, 0.15) is 5.69 Å². The predicted octanol–water partition coefficient (Wildman–Crippen LogP) is 1.84. The van der Waals surface area contributed by atoms with Gasteiger partial charge in [0, 0.05) is 18.8 Å². The summed E-state index contributed by atoms with van der Waals surface area (Å²) in [5.74, 6) is 0.0393. The Morgan fingerprint density at radius 3 is 2.94 bits per heavy atom. The van der Waals surface area contributed by atoms with E-state index in [1.807, 2.05) is 12.1 Å². The lowest BCUT2D eigenvalue weighted by Crippen LogP contribution is -2.27. The summed E-state index contributed by atoms with van der Waals surface area (Å²) in [7, 11) is 0. The first-order chi connectivity index (χ1) is 8.71. The summed E-state index contributed by atoms with van der Waals surface area (Å²) in [5.41, 5.74) is 7.09. The first-order valence-electron chi connectivity index (χ1n) is 6.37. The summed E-state index contributed by atoms with van der Waals surface area (Å²) >= 11 is 0. The number of amidine groups is 1. The van der Waals surface area contributed by atoms with Crippen LogP contribution in [0.25, 0.3) is 0 Å². The maximum absolute atomic E-state index is 8.61. The first kappa shape index (κ1) is 14.4. The molecule has 0 saturated heterocycles. The Morgan fingerprint density at radius 2 is 2.33 bits per heavy atom. The van der Waals surface area contributed by atoms with Gasteiger partial charge in [-0.2, -0.15) is 0 Å². The van der Waals surface area contributed by atoms with Gasteiger partial charge >= 0.3 is 0 Å². The summed E-state index contributed by atoms with van der Waals surface area (Å²) in [6, 6.07) is 4.30. The quantitative estimate of drug-likeness (QED) is 0.298. The minimum absolute atomic E-state index is 0.0393. The highest BCUT2D eigenvalue weighted by atomic mass is 16.4. The lowest BCUT2D eigenvalue weighted by atomic mass is 10.1. The molecule has 4 N–H and O–H groups in total. The topological polar surface area (TPSA) is 83.5 Å². The van der Waals surface area contributed by atoms with E-state index in [4.69, 9.17) is 10.9 Å². The second kappa shape index (κ2) is 7.66. The number of nitrogens with zero attached hydrogens (tertiary/aromatic N) is 2. The summed E-state index contributed by atoms with van der Waals surface area (Å²) in [5, 5.41) is 15.1. The molecule has 0 fully saturated rings. The molecule has 1 aromatic rings. The molecule has 1 heterocycles. The number of hydrogen-bond acceptors (Lipinski definition) is 4. The van der Waals surface area contributed by atoms with E-state index in [2.05, 4.69) is 29.3 Å². The average Bonchev–Trinajstić information content (AvgIpc) is 2.42. The first-order valence-corrected chi connectivity index (χ1v) is 6.37. The van der Waals surface area contributed by atoms with Crippen LogP contribution >= 0.6 is 0 Å². The highest BCUT2D eigenvalue weighted by Gasteiger charge is 2.06. The summed E-state index contributed by atoms with van der Waals surface area (Å²) in [4.78, 5) is 4.05. The summed E-state index contributed by atoms with van der Waals surface area (Å²) in [6.45, 7) is 5.14. The molecule has 0 bridgehead atoms. The van der Waals surface area contributed by atoms with Crippen LogP contribution in [0, 0.1) is 0 Å². The summed E-state index contributed by atoms with van der Waals surface area (Å²) < 4.78 is 0. The minimum Gasteiger partial charge on any atom is -0.409 e. The monoisotopic (exact) mass is 250 g/mol. The molecular formula is C13H22N4O. The molecule has 0 aliphatic rings. The maximum atomic E-state index is 8.61. The van der Waals surface area contributed by atoms with Crippen LogP contribution in [0.1, 0.15) is 44.4 Å². The van der Waals surface area contributed by atoms with Crippen LogP contribution in [0.5, 0.6) is 0 Å². The van der Waals surface area contributed by atoms with Gasteiger partial charge in [-0.05, 0) is 30.5 Å². The molecule has 1 unspecified atom stereocenters. The van der Waals surface area contributed by atoms with E-state index in [-0.39, 0.29) is 5.84 Å². The standard InChI is InChI=1S/C13H22N4O/c1-3-5-11(4-2)16-9-10-6-7-15-12(8-10)13(14)17-18/h6-8,11,16,18H,3-5,9H2,1-2H3,(H2,14,17). The number of nitrogens with one attached hydrogen (secondary N) is 1. The lowest BCUT2D eigenvalue weighted by molar-refractivity contribution is 0.318. The maximum Gasteiger partial charge on any atom is 0.188 e. The van der Waals surface area contributed by atoms with Crippen LogP contribution in [0.15, 0.2) is 23.5 Å². The highest BCUT2D eigenvalue weighted by molar-refractivity contribution is 5.95. The van der Waals surface area contributed by atoms with E-state index in [0.717, 1.165) is 18.5 Å². The van der Waals surface area contributed by atoms with Crippen LogP contribution in [-0.4, -0.2) is 22.1 Å². The molecule has 0 radical (unpaired) electrons. The van der Waals surface area contributed by atoms with Gasteiger partial charge in [-0.3, -0.25) is 4.98 Å². The molecule has 0 amide bonds. The minimum atomic E-state index is 0.0393. The van der Waals surface area contributed by atoms with Crippen molar-refractivity contribution < 1.29 is 5.21 Å². The third-order valence-electron chi connectivity index (χ3n) is 2.92. The Bertz CT molecular complexity index is 392. The van der Waals surface area contributed by atoms with Crippen molar-refractivity contribution in [2.75, 3.05) is 0 Å². The number of hydrogen-bond donors (Lipinski definition) is 3. The Labute approximate surface area is 108 Å². The zero-order valence-corrected chi connectivity index (χ0v) is 11.1. The molecule has 1 atom stereocenters. The molecule has 100 valence electrons. The Hall–Kier alpha value is -1.62. The highest BCUT2D eigenvalue weighted by Crippen LogP contribution is 2.05. The molecule has 5 heteroatoms. The number of nitrogens with two attached hydrogens (primary N) is 1. The van der Waals surface area contributed by atoms with Crippen molar-refractivity contribution in [3.63, 3.8) is 0 Å². The van der Waals surface area contributed by atoms with E-state index < -0.39 is 0 Å². The fourth-order valence-electron chi connectivity index (χ4n) is 1.84. The Kier molecular flexibility index (Phi) is 6.14. The van der Waals surface area contributed by atoms with Gasteiger partial charge in [0.15, 0.2) is 5.84 Å².